The molecule has 2 N–H and O–H groups in total. The zero-order valence-electron chi connectivity index (χ0n) is 9.62. The normalized spacial score (nSPS) is 11.0. The zero-order chi connectivity index (χ0) is 12.7. The van der Waals surface area contributed by atoms with E-state index in [9.17, 15) is 4.79 Å². The lowest BCUT2D eigenvalue weighted by atomic mass is 10.2. The molecule has 1 amide bonds. The average Bonchev–Trinajstić information content (AvgIpc) is 2.66. The lowest BCUT2D eigenvalue weighted by molar-refractivity contribution is -0.114. The van der Waals surface area contributed by atoms with Crippen LogP contribution in [-0.4, -0.2) is 15.9 Å². The van der Waals surface area contributed by atoms with Crippen molar-refractivity contribution in [2.45, 2.75) is 6.92 Å². The number of halogens is 1. The summed E-state index contributed by atoms with van der Waals surface area (Å²) < 4.78 is 0. The Bertz CT molecular complexity index is 763. The zero-order valence-corrected chi connectivity index (χ0v) is 10.4. The van der Waals surface area contributed by atoms with Crippen molar-refractivity contribution in [1.82, 2.24) is 9.97 Å². The topological polar surface area (TPSA) is 57.8 Å². The highest BCUT2D eigenvalue weighted by atomic mass is 35.5. The Balaban J connectivity index is 2.27. The second kappa shape index (κ2) is 3.99. The molecule has 0 aliphatic rings. The third-order valence-corrected chi connectivity index (χ3v) is 3.08. The Hall–Kier alpha value is -2.07. The minimum Gasteiger partial charge on any atom is -0.339 e. The smallest absolute Gasteiger partial charge is 0.221 e. The maximum Gasteiger partial charge on any atom is 0.221 e. The van der Waals surface area contributed by atoms with Crippen molar-refractivity contribution < 1.29 is 4.79 Å². The first kappa shape index (κ1) is 11.0. The SMILES string of the molecule is CC(=O)Nc1ccc2c(c1)[nH]c1nccc(Cl)c12. The molecule has 0 fully saturated rings. The number of nitrogens with one attached hydrogen (secondary N) is 2. The number of hydrogen-bond acceptors (Lipinski definition) is 2. The average molecular weight is 260 g/mol. The van der Waals surface area contributed by atoms with Gasteiger partial charge in [-0.25, -0.2) is 4.98 Å². The standard InChI is InChI=1S/C13H10ClN3O/c1-7(18)16-8-2-3-9-11(6-8)17-13-12(9)10(14)4-5-15-13/h2-6H,1H3,(H,15,17)(H,16,18). The summed E-state index contributed by atoms with van der Waals surface area (Å²) in [6.45, 7) is 1.48. The van der Waals surface area contributed by atoms with Crippen LogP contribution in [0.3, 0.4) is 0 Å². The van der Waals surface area contributed by atoms with Crippen molar-refractivity contribution in [3.8, 4) is 0 Å². The minimum absolute atomic E-state index is 0.0957. The Labute approximate surface area is 108 Å². The summed E-state index contributed by atoms with van der Waals surface area (Å²) in [7, 11) is 0. The van der Waals surface area contributed by atoms with Gasteiger partial charge in [0.15, 0.2) is 0 Å². The van der Waals surface area contributed by atoms with E-state index in [2.05, 4.69) is 15.3 Å². The third kappa shape index (κ3) is 1.71. The van der Waals surface area contributed by atoms with Gasteiger partial charge in [-0.2, -0.15) is 0 Å². The Kier molecular flexibility index (Phi) is 2.45. The molecule has 0 spiro atoms. The molecule has 0 aliphatic carbocycles. The number of anilines is 1. The number of aromatic amines is 1. The molecule has 3 aromatic rings. The van der Waals surface area contributed by atoms with E-state index in [1.807, 2.05) is 18.2 Å². The fraction of sp³-hybridized carbons (Fsp3) is 0.0769. The molecule has 0 atom stereocenters. The van der Waals surface area contributed by atoms with Gasteiger partial charge in [0.1, 0.15) is 5.65 Å². The molecule has 90 valence electrons. The van der Waals surface area contributed by atoms with Crippen LogP contribution >= 0.6 is 11.6 Å². The van der Waals surface area contributed by atoms with Crippen LogP contribution in [0.1, 0.15) is 6.92 Å². The molecule has 5 heteroatoms. The van der Waals surface area contributed by atoms with Crippen LogP contribution in [0.4, 0.5) is 5.69 Å². The predicted octanol–water partition coefficient (Wildman–Crippen LogP) is 3.33. The molecule has 4 nitrogen and oxygen atoms in total. The van der Waals surface area contributed by atoms with Gasteiger partial charge in [0.2, 0.25) is 5.91 Å². The minimum atomic E-state index is -0.0957. The number of carbonyl (C=O) groups is 1. The number of rotatable bonds is 1. The number of benzene rings is 1. The van der Waals surface area contributed by atoms with Crippen LogP contribution in [0.25, 0.3) is 21.9 Å². The van der Waals surface area contributed by atoms with Crippen molar-refractivity contribution >= 4 is 45.1 Å². The first-order chi connectivity index (χ1) is 8.65. The highest BCUT2D eigenvalue weighted by molar-refractivity contribution is 6.37. The highest BCUT2D eigenvalue weighted by Gasteiger charge is 2.09. The fourth-order valence-electron chi connectivity index (χ4n) is 2.06. The van der Waals surface area contributed by atoms with Gasteiger partial charge in [-0.05, 0) is 18.2 Å². The van der Waals surface area contributed by atoms with Gasteiger partial charge in [-0.15, -0.1) is 0 Å². The van der Waals surface area contributed by atoms with Crippen LogP contribution in [0.15, 0.2) is 30.5 Å². The molecule has 18 heavy (non-hydrogen) atoms. The summed E-state index contributed by atoms with van der Waals surface area (Å²) >= 11 is 6.17. The predicted molar refractivity (Wildman–Crippen MR) is 72.9 cm³/mol. The second-order valence-electron chi connectivity index (χ2n) is 4.08. The van der Waals surface area contributed by atoms with Crippen molar-refractivity contribution in [2.24, 2.45) is 0 Å². The maximum absolute atomic E-state index is 11.0. The largest absolute Gasteiger partial charge is 0.339 e. The van der Waals surface area contributed by atoms with Gasteiger partial charge >= 0.3 is 0 Å². The van der Waals surface area contributed by atoms with Gasteiger partial charge in [0, 0.05) is 35.1 Å². The van der Waals surface area contributed by atoms with Crippen molar-refractivity contribution in [3.63, 3.8) is 0 Å². The van der Waals surface area contributed by atoms with E-state index in [1.165, 1.54) is 6.92 Å². The summed E-state index contributed by atoms with van der Waals surface area (Å²) in [5, 5.41) is 5.31. The van der Waals surface area contributed by atoms with Crippen LogP contribution in [0.5, 0.6) is 0 Å². The monoisotopic (exact) mass is 259 g/mol. The summed E-state index contributed by atoms with van der Waals surface area (Å²) in [6, 6.07) is 7.40. The highest BCUT2D eigenvalue weighted by Crippen LogP contribution is 2.31. The number of aromatic nitrogens is 2. The molecular weight excluding hydrogens is 250 g/mol. The summed E-state index contributed by atoms with van der Waals surface area (Å²) in [5.41, 5.74) is 2.40. The second-order valence-corrected chi connectivity index (χ2v) is 4.49. The Morgan fingerprint density at radius 3 is 3.00 bits per heavy atom. The summed E-state index contributed by atoms with van der Waals surface area (Å²) in [6.07, 6.45) is 1.66. The number of nitrogens with zero attached hydrogens (tertiary/aromatic N) is 1. The molecule has 0 bridgehead atoms. The molecule has 0 saturated carbocycles. The third-order valence-electron chi connectivity index (χ3n) is 2.76. The van der Waals surface area contributed by atoms with E-state index in [0.717, 1.165) is 27.6 Å². The number of H-pyrrole nitrogens is 1. The molecule has 2 aromatic heterocycles. The summed E-state index contributed by atoms with van der Waals surface area (Å²) in [5.74, 6) is -0.0957. The molecular formula is C13H10ClN3O. The van der Waals surface area contributed by atoms with Gasteiger partial charge in [0.25, 0.3) is 0 Å². The number of fused-ring (bicyclic) bond motifs is 3. The van der Waals surface area contributed by atoms with E-state index < -0.39 is 0 Å². The Morgan fingerprint density at radius 2 is 2.22 bits per heavy atom. The molecule has 2 heterocycles. The molecule has 0 saturated heterocycles. The van der Waals surface area contributed by atoms with E-state index in [4.69, 9.17) is 11.6 Å². The first-order valence-electron chi connectivity index (χ1n) is 5.48. The number of amides is 1. The van der Waals surface area contributed by atoms with Gasteiger partial charge in [-0.3, -0.25) is 4.79 Å². The van der Waals surface area contributed by atoms with Gasteiger partial charge < -0.3 is 10.3 Å². The molecule has 0 radical (unpaired) electrons. The fourth-order valence-corrected chi connectivity index (χ4v) is 2.31. The van der Waals surface area contributed by atoms with Crippen molar-refractivity contribution in [3.05, 3.63) is 35.5 Å². The van der Waals surface area contributed by atoms with Crippen LogP contribution in [0, 0.1) is 0 Å². The number of hydrogen-bond donors (Lipinski definition) is 2. The van der Waals surface area contributed by atoms with Crippen LogP contribution < -0.4 is 5.32 Å². The molecule has 3 rings (SSSR count). The van der Waals surface area contributed by atoms with Crippen LogP contribution in [0.2, 0.25) is 5.02 Å². The lowest BCUT2D eigenvalue weighted by Crippen LogP contribution is -2.05. The van der Waals surface area contributed by atoms with Crippen molar-refractivity contribution in [1.29, 1.82) is 0 Å². The lowest BCUT2D eigenvalue weighted by Gasteiger charge is -2.01. The number of carbonyl (C=O) groups excluding carboxylic acids is 1. The van der Waals surface area contributed by atoms with Gasteiger partial charge in [-0.1, -0.05) is 17.7 Å². The van der Waals surface area contributed by atoms with E-state index in [-0.39, 0.29) is 5.91 Å². The maximum atomic E-state index is 11.0. The van der Waals surface area contributed by atoms with E-state index in [0.29, 0.717) is 5.02 Å². The van der Waals surface area contributed by atoms with Crippen LogP contribution in [-0.2, 0) is 4.79 Å². The quantitative estimate of drug-likeness (QED) is 0.704. The Morgan fingerprint density at radius 1 is 1.39 bits per heavy atom. The van der Waals surface area contributed by atoms with E-state index in [1.54, 1.807) is 12.3 Å². The van der Waals surface area contributed by atoms with Crippen molar-refractivity contribution in [2.75, 3.05) is 5.32 Å². The van der Waals surface area contributed by atoms with Gasteiger partial charge in [0.05, 0.1) is 5.02 Å². The molecule has 1 aromatic carbocycles. The first-order valence-corrected chi connectivity index (χ1v) is 5.86. The molecule has 0 aliphatic heterocycles. The van der Waals surface area contributed by atoms with E-state index >= 15 is 0 Å². The molecule has 0 unspecified atom stereocenters. The summed E-state index contributed by atoms with van der Waals surface area (Å²) in [4.78, 5) is 18.4. The number of pyridine rings is 1.